The summed E-state index contributed by atoms with van der Waals surface area (Å²) in [5, 5.41) is 13.4. The zero-order chi connectivity index (χ0) is 17.3. The van der Waals surface area contributed by atoms with Crippen LogP contribution in [-0.2, 0) is 13.2 Å². The lowest BCUT2D eigenvalue weighted by atomic mass is 10.1. The van der Waals surface area contributed by atoms with Crippen LogP contribution in [0.5, 0.6) is 5.75 Å². The molecule has 26 heavy (non-hydrogen) atoms. The van der Waals surface area contributed by atoms with E-state index >= 15 is 0 Å². The second-order valence-corrected chi connectivity index (χ2v) is 5.98. The Balaban J connectivity index is 0.00000243. The zero-order valence-corrected chi connectivity index (χ0v) is 15.3. The van der Waals surface area contributed by atoms with Gasteiger partial charge in [0.2, 0.25) is 0 Å². The van der Waals surface area contributed by atoms with Gasteiger partial charge in [0.15, 0.2) is 0 Å². The van der Waals surface area contributed by atoms with Gasteiger partial charge in [0.25, 0.3) is 0 Å². The lowest BCUT2D eigenvalue weighted by Gasteiger charge is -2.12. The van der Waals surface area contributed by atoms with E-state index in [1.54, 1.807) is 0 Å². The van der Waals surface area contributed by atoms with Gasteiger partial charge in [-0.05, 0) is 28.8 Å². The molecular weight excluding hydrogens is 346 g/mol. The summed E-state index contributed by atoms with van der Waals surface area (Å²) in [6, 6.07) is 27.9. The van der Waals surface area contributed by atoms with Crippen LogP contribution >= 0.6 is 0 Å². The molecule has 0 fully saturated rings. The molecule has 0 aliphatic carbocycles. The molecule has 3 aromatic carbocycles. The molecule has 0 saturated carbocycles. The lowest BCUT2D eigenvalue weighted by Crippen LogP contribution is -3.00. The van der Waals surface area contributed by atoms with E-state index < -0.39 is 6.10 Å². The van der Waals surface area contributed by atoms with Gasteiger partial charge in [0, 0.05) is 13.1 Å². The van der Waals surface area contributed by atoms with Gasteiger partial charge >= 0.3 is 0 Å². The number of hydrogen-bond donors (Lipinski definition) is 2. The van der Waals surface area contributed by atoms with Crippen LogP contribution in [0.3, 0.4) is 0 Å². The summed E-state index contributed by atoms with van der Waals surface area (Å²) in [5.74, 6) is 0.858. The SMILES string of the molecule is OC(CNCc1ccc(OCc2ccccc2)cc1)c1ccccc1.[Cl-]. The number of benzene rings is 3. The Morgan fingerprint density at radius 1 is 0.769 bits per heavy atom. The van der Waals surface area contributed by atoms with Crippen LogP contribution in [0.1, 0.15) is 22.8 Å². The van der Waals surface area contributed by atoms with Crippen LogP contribution in [0, 0.1) is 0 Å². The summed E-state index contributed by atoms with van der Waals surface area (Å²) < 4.78 is 5.79. The van der Waals surface area contributed by atoms with Crippen LogP contribution in [0.2, 0.25) is 0 Å². The van der Waals surface area contributed by atoms with Gasteiger partial charge < -0.3 is 27.6 Å². The molecule has 0 bridgehead atoms. The quantitative estimate of drug-likeness (QED) is 0.625. The highest BCUT2D eigenvalue weighted by atomic mass is 35.5. The van der Waals surface area contributed by atoms with E-state index in [4.69, 9.17) is 4.74 Å². The molecular formula is C22H23ClNO2-. The van der Waals surface area contributed by atoms with E-state index in [0.717, 1.165) is 22.4 Å². The maximum absolute atomic E-state index is 10.1. The highest BCUT2D eigenvalue weighted by Gasteiger charge is 2.05. The summed E-state index contributed by atoms with van der Waals surface area (Å²) in [6.45, 7) is 1.81. The van der Waals surface area contributed by atoms with Crippen LogP contribution < -0.4 is 22.5 Å². The molecule has 1 atom stereocenters. The summed E-state index contributed by atoms with van der Waals surface area (Å²) in [5.41, 5.74) is 3.25. The third-order valence-corrected chi connectivity index (χ3v) is 4.02. The second kappa shape index (κ2) is 10.6. The number of aliphatic hydroxyl groups excluding tert-OH is 1. The molecule has 0 aliphatic rings. The van der Waals surface area contributed by atoms with E-state index in [1.165, 1.54) is 0 Å². The van der Waals surface area contributed by atoms with Crippen LogP contribution in [-0.4, -0.2) is 11.7 Å². The van der Waals surface area contributed by atoms with Crippen molar-refractivity contribution in [3.63, 3.8) is 0 Å². The van der Waals surface area contributed by atoms with Gasteiger partial charge in [-0.1, -0.05) is 72.8 Å². The van der Waals surface area contributed by atoms with Crippen molar-refractivity contribution in [2.75, 3.05) is 6.54 Å². The Hall–Kier alpha value is -2.33. The van der Waals surface area contributed by atoms with Crippen molar-refractivity contribution in [3.05, 3.63) is 102 Å². The van der Waals surface area contributed by atoms with Crippen LogP contribution in [0.4, 0.5) is 0 Å². The zero-order valence-electron chi connectivity index (χ0n) is 14.5. The molecule has 3 rings (SSSR count). The molecule has 1 unspecified atom stereocenters. The normalized spacial score (nSPS) is 11.4. The van der Waals surface area contributed by atoms with Crippen LogP contribution in [0.15, 0.2) is 84.9 Å². The number of nitrogens with one attached hydrogen (secondary N) is 1. The highest BCUT2D eigenvalue weighted by Crippen LogP contribution is 2.15. The van der Waals surface area contributed by atoms with Crippen molar-refractivity contribution < 1.29 is 22.3 Å². The third-order valence-electron chi connectivity index (χ3n) is 4.02. The average Bonchev–Trinajstić information content (AvgIpc) is 2.69. The van der Waals surface area contributed by atoms with Gasteiger partial charge in [0.1, 0.15) is 12.4 Å². The predicted octanol–water partition coefficient (Wildman–Crippen LogP) is 1.09. The fourth-order valence-electron chi connectivity index (χ4n) is 2.59. The highest BCUT2D eigenvalue weighted by molar-refractivity contribution is 5.28. The standard InChI is InChI=1S/C22H23NO2.ClH/c24-22(20-9-5-2-6-10-20)16-23-15-18-11-13-21(14-12-18)25-17-19-7-3-1-4-8-19;/h1-14,22-24H,15-17H2;1H/p-1. The molecule has 4 heteroatoms. The van der Waals surface area contributed by atoms with E-state index in [0.29, 0.717) is 19.7 Å². The monoisotopic (exact) mass is 368 g/mol. The predicted molar refractivity (Wildman–Crippen MR) is 100 cm³/mol. The molecule has 2 N–H and O–H groups in total. The first kappa shape index (κ1) is 20.0. The van der Waals surface area contributed by atoms with E-state index in [9.17, 15) is 5.11 Å². The maximum atomic E-state index is 10.1. The number of ether oxygens (including phenoxy) is 1. The van der Waals surface area contributed by atoms with E-state index in [-0.39, 0.29) is 12.4 Å². The third kappa shape index (κ3) is 6.19. The second-order valence-electron chi connectivity index (χ2n) is 5.98. The first-order chi connectivity index (χ1) is 12.3. The fourth-order valence-corrected chi connectivity index (χ4v) is 2.59. The first-order valence-electron chi connectivity index (χ1n) is 8.50. The molecule has 3 aromatic rings. The Kier molecular flexibility index (Phi) is 8.16. The van der Waals surface area contributed by atoms with Gasteiger partial charge in [0.05, 0.1) is 6.10 Å². The number of rotatable bonds is 8. The first-order valence-corrected chi connectivity index (χ1v) is 8.50. The molecule has 0 saturated heterocycles. The Morgan fingerprint density at radius 3 is 2.04 bits per heavy atom. The van der Waals surface area contributed by atoms with Crippen molar-refractivity contribution in [3.8, 4) is 5.75 Å². The Labute approximate surface area is 161 Å². The summed E-state index contributed by atoms with van der Waals surface area (Å²) in [4.78, 5) is 0. The van der Waals surface area contributed by atoms with Gasteiger partial charge in [-0.25, -0.2) is 0 Å². The summed E-state index contributed by atoms with van der Waals surface area (Å²) >= 11 is 0. The topological polar surface area (TPSA) is 41.5 Å². The maximum Gasteiger partial charge on any atom is 0.119 e. The van der Waals surface area contributed by atoms with Gasteiger partial charge in [-0.2, -0.15) is 0 Å². The van der Waals surface area contributed by atoms with Crippen molar-refractivity contribution >= 4 is 0 Å². The molecule has 136 valence electrons. The average molecular weight is 369 g/mol. The van der Waals surface area contributed by atoms with Crippen LogP contribution in [0.25, 0.3) is 0 Å². The van der Waals surface area contributed by atoms with Crippen molar-refractivity contribution in [2.45, 2.75) is 19.3 Å². The number of aliphatic hydroxyl groups is 1. The van der Waals surface area contributed by atoms with E-state index in [1.807, 2.05) is 72.8 Å². The fraction of sp³-hybridized carbons (Fsp3) is 0.182. The lowest BCUT2D eigenvalue weighted by molar-refractivity contribution is -0.00000707. The minimum absolute atomic E-state index is 0. The minimum Gasteiger partial charge on any atom is -1.00 e. The van der Waals surface area contributed by atoms with Crippen molar-refractivity contribution in [1.29, 1.82) is 0 Å². The Morgan fingerprint density at radius 2 is 1.38 bits per heavy atom. The van der Waals surface area contributed by atoms with Crippen molar-refractivity contribution in [1.82, 2.24) is 5.32 Å². The largest absolute Gasteiger partial charge is 1.00 e. The summed E-state index contributed by atoms with van der Waals surface area (Å²) in [6.07, 6.45) is -0.491. The molecule has 0 amide bonds. The minimum atomic E-state index is -0.491. The molecule has 0 spiro atoms. The molecule has 0 radical (unpaired) electrons. The van der Waals surface area contributed by atoms with E-state index in [2.05, 4.69) is 17.4 Å². The van der Waals surface area contributed by atoms with Gasteiger partial charge in [-0.15, -0.1) is 0 Å². The smallest absolute Gasteiger partial charge is 0.119 e. The number of hydrogen-bond acceptors (Lipinski definition) is 3. The number of halogens is 1. The Bertz CT molecular complexity index is 748. The van der Waals surface area contributed by atoms with Gasteiger partial charge in [-0.3, -0.25) is 0 Å². The van der Waals surface area contributed by atoms with Crippen molar-refractivity contribution in [2.24, 2.45) is 0 Å². The molecule has 0 aliphatic heterocycles. The summed E-state index contributed by atoms with van der Waals surface area (Å²) in [7, 11) is 0. The molecule has 3 nitrogen and oxygen atoms in total. The molecule has 0 heterocycles. The molecule has 0 aromatic heterocycles.